The Bertz CT molecular complexity index is 405. The molecule has 2 N–H and O–H groups in total. The number of nitrogens with zero attached hydrogens (tertiary/aromatic N) is 1. The van der Waals surface area contributed by atoms with E-state index >= 15 is 0 Å². The standard InChI is InChI=1S/C16H26N2O/c1-12-6-4-5-7-15(12)16(13(2)17)18-9-8-14(10-18)11-19-3/h4-7,13-14,16H,8-11,17H2,1-3H3. The number of methoxy groups -OCH3 is 1. The largest absolute Gasteiger partial charge is 0.384 e. The lowest BCUT2D eigenvalue weighted by atomic mass is 9.95. The summed E-state index contributed by atoms with van der Waals surface area (Å²) in [6.45, 7) is 7.35. The lowest BCUT2D eigenvalue weighted by Crippen LogP contribution is -2.39. The zero-order valence-corrected chi connectivity index (χ0v) is 12.3. The maximum atomic E-state index is 6.26. The highest BCUT2D eigenvalue weighted by atomic mass is 16.5. The van der Waals surface area contributed by atoms with Crippen molar-refractivity contribution in [2.75, 3.05) is 26.8 Å². The summed E-state index contributed by atoms with van der Waals surface area (Å²) in [4.78, 5) is 2.52. The molecule has 1 heterocycles. The predicted molar refractivity (Wildman–Crippen MR) is 79.1 cm³/mol. The van der Waals surface area contributed by atoms with Gasteiger partial charge >= 0.3 is 0 Å². The van der Waals surface area contributed by atoms with E-state index < -0.39 is 0 Å². The molecule has 0 aliphatic carbocycles. The highest BCUT2D eigenvalue weighted by Gasteiger charge is 2.31. The molecule has 3 unspecified atom stereocenters. The molecule has 1 fully saturated rings. The van der Waals surface area contributed by atoms with Crippen molar-refractivity contribution in [1.82, 2.24) is 4.90 Å². The van der Waals surface area contributed by atoms with Gasteiger partial charge in [0.1, 0.15) is 0 Å². The number of benzene rings is 1. The van der Waals surface area contributed by atoms with Gasteiger partial charge in [-0.3, -0.25) is 4.90 Å². The van der Waals surface area contributed by atoms with Gasteiger partial charge in [-0.2, -0.15) is 0 Å². The van der Waals surface area contributed by atoms with Gasteiger partial charge < -0.3 is 10.5 Å². The van der Waals surface area contributed by atoms with Crippen molar-refractivity contribution in [3.05, 3.63) is 35.4 Å². The van der Waals surface area contributed by atoms with E-state index in [4.69, 9.17) is 10.5 Å². The van der Waals surface area contributed by atoms with Gasteiger partial charge in [-0.1, -0.05) is 24.3 Å². The number of hydrogen-bond donors (Lipinski definition) is 1. The first-order valence-corrected chi connectivity index (χ1v) is 7.17. The Kier molecular flexibility index (Phi) is 4.97. The van der Waals surface area contributed by atoms with Crippen molar-refractivity contribution in [3.63, 3.8) is 0 Å². The quantitative estimate of drug-likeness (QED) is 0.885. The van der Waals surface area contributed by atoms with Crippen molar-refractivity contribution in [2.24, 2.45) is 11.7 Å². The van der Waals surface area contributed by atoms with Crippen molar-refractivity contribution < 1.29 is 4.74 Å². The Morgan fingerprint density at radius 3 is 2.79 bits per heavy atom. The lowest BCUT2D eigenvalue weighted by molar-refractivity contribution is 0.143. The minimum absolute atomic E-state index is 0.141. The van der Waals surface area contributed by atoms with Crippen LogP contribution < -0.4 is 5.73 Å². The minimum atomic E-state index is 0.141. The zero-order valence-electron chi connectivity index (χ0n) is 12.3. The SMILES string of the molecule is COCC1CCN(C(c2ccccc2C)C(C)N)C1. The van der Waals surface area contributed by atoms with Crippen LogP contribution >= 0.6 is 0 Å². The predicted octanol–water partition coefficient (Wildman–Crippen LogP) is 2.35. The molecule has 0 amide bonds. The number of likely N-dealkylation sites (tertiary alicyclic amines) is 1. The van der Waals surface area contributed by atoms with E-state index in [0.29, 0.717) is 12.0 Å². The Labute approximate surface area is 116 Å². The molecule has 106 valence electrons. The monoisotopic (exact) mass is 262 g/mol. The highest BCUT2D eigenvalue weighted by molar-refractivity contribution is 5.30. The summed E-state index contributed by atoms with van der Waals surface area (Å²) < 4.78 is 5.29. The van der Waals surface area contributed by atoms with Gasteiger partial charge in [0.25, 0.3) is 0 Å². The van der Waals surface area contributed by atoms with Gasteiger partial charge in [-0.05, 0) is 43.9 Å². The van der Waals surface area contributed by atoms with Crippen LogP contribution in [0.3, 0.4) is 0 Å². The number of rotatable bonds is 5. The summed E-state index contributed by atoms with van der Waals surface area (Å²) >= 11 is 0. The van der Waals surface area contributed by atoms with Crippen LogP contribution in [0.1, 0.15) is 30.5 Å². The average Bonchev–Trinajstić information content (AvgIpc) is 2.80. The van der Waals surface area contributed by atoms with Crippen molar-refractivity contribution in [2.45, 2.75) is 32.4 Å². The minimum Gasteiger partial charge on any atom is -0.384 e. The van der Waals surface area contributed by atoms with E-state index in [2.05, 4.69) is 43.0 Å². The number of ether oxygens (including phenoxy) is 1. The Balaban J connectivity index is 2.16. The Morgan fingerprint density at radius 2 is 2.16 bits per heavy atom. The lowest BCUT2D eigenvalue weighted by Gasteiger charge is -2.32. The molecule has 1 aliphatic rings. The van der Waals surface area contributed by atoms with Crippen molar-refractivity contribution >= 4 is 0 Å². The molecule has 0 saturated carbocycles. The Hall–Kier alpha value is -0.900. The molecule has 3 nitrogen and oxygen atoms in total. The first-order valence-electron chi connectivity index (χ1n) is 7.17. The summed E-state index contributed by atoms with van der Waals surface area (Å²) in [5.74, 6) is 0.648. The molecule has 0 spiro atoms. The van der Waals surface area contributed by atoms with Crippen LogP contribution in [0.2, 0.25) is 0 Å². The summed E-state index contributed by atoms with van der Waals surface area (Å²) in [5, 5.41) is 0. The van der Waals surface area contributed by atoms with Gasteiger partial charge in [0.05, 0.1) is 6.61 Å². The summed E-state index contributed by atoms with van der Waals surface area (Å²) in [6.07, 6.45) is 1.21. The van der Waals surface area contributed by atoms with Crippen LogP contribution in [-0.4, -0.2) is 37.7 Å². The number of aryl methyl sites for hydroxylation is 1. The van der Waals surface area contributed by atoms with Crippen molar-refractivity contribution in [1.29, 1.82) is 0 Å². The van der Waals surface area contributed by atoms with E-state index in [9.17, 15) is 0 Å². The van der Waals surface area contributed by atoms with Crippen LogP contribution in [0, 0.1) is 12.8 Å². The molecule has 0 bridgehead atoms. The van der Waals surface area contributed by atoms with Gasteiger partial charge in [0.15, 0.2) is 0 Å². The van der Waals surface area contributed by atoms with Crippen LogP contribution in [-0.2, 0) is 4.74 Å². The third kappa shape index (κ3) is 3.35. The van der Waals surface area contributed by atoms with Gasteiger partial charge in [-0.15, -0.1) is 0 Å². The van der Waals surface area contributed by atoms with Crippen LogP contribution in [0.15, 0.2) is 24.3 Å². The normalized spacial score (nSPS) is 23.5. The second kappa shape index (κ2) is 6.51. The number of hydrogen-bond acceptors (Lipinski definition) is 3. The molecule has 2 rings (SSSR count). The fourth-order valence-electron chi connectivity index (χ4n) is 3.22. The topological polar surface area (TPSA) is 38.5 Å². The van der Waals surface area contributed by atoms with E-state index in [-0.39, 0.29) is 6.04 Å². The molecular weight excluding hydrogens is 236 g/mol. The second-order valence-corrected chi connectivity index (χ2v) is 5.77. The van der Waals surface area contributed by atoms with E-state index in [0.717, 1.165) is 19.7 Å². The molecule has 1 aromatic carbocycles. The van der Waals surface area contributed by atoms with Crippen molar-refractivity contribution in [3.8, 4) is 0 Å². The Morgan fingerprint density at radius 1 is 1.42 bits per heavy atom. The van der Waals surface area contributed by atoms with E-state index in [1.807, 2.05) is 0 Å². The fourth-order valence-corrected chi connectivity index (χ4v) is 3.22. The maximum absolute atomic E-state index is 6.26. The first kappa shape index (κ1) is 14.5. The first-order chi connectivity index (χ1) is 9.13. The summed E-state index contributed by atoms with van der Waals surface area (Å²) in [5.41, 5.74) is 8.97. The third-order valence-electron chi connectivity index (χ3n) is 4.12. The molecule has 1 aliphatic heterocycles. The molecule has 0 radical (unpaired) electrons. The highest BCUT2D eigenvalue weighted by Crippen LogP contribution is 2.31. The van der Waals surface area contributed by atoms with Crippen LogP contribution in [0.4, 0.5) is 0 Å². The summed E-state index contributed by atoms with van der Waals surface area (Å²) in [7, 11) is 1.78. The number of nitrogens with two attached hydrogens (primary N) is 1. The van der Waals surface area contributed by atoms with Gasteiger partial charge in [0, 0.05) is 25.7 Å². The molecule has 3 atom stereocenters. The zero-order chi connectivity index (χ0) is 13.8. The van der Waals surface area contributed by atoms with Crippen LogP contribution in [0.5, 0.6) is 0 Å². The van der Waals surface area contributed by atoms with Gasteiger partial charge in [0.2, 0.25) is 0 Å². The van der Waals surface area contributed by atoms with Gasteiger partial charge in [-0.25, -0.2) is 0 Å². The molecule has 1 saturated heterocycles. The molecule has 1 aromatic rings. The molecule has 19 heavy (non-hydrogen) atoms. The average molecular weight is 262 g/mol. The molecular formula is C16H26N2O. The van der Waals surface area contributed by atoms with E-state index in [1.54, 1.807) is 7.11 Å². The van der Waals surface area contributed by atoms with E-state index in [1.165, 1.54) is 17.5 Å². The molecule has 0 aromatic heterocycles. The van der Waals surface area contributed by atoms with Crippen LogP contribution in [0.25, 0.3) is 0 Å². The maximum Gasteiger partial charge on any atom is 0.0503 e. The second-order valence-electron chi connectivity index (χ2n) is 5.77. The molecule has 3 heteroatoms. The smallest absolute Gasteiger partial charge is 0.0503 e. The summed E-state index contributed by atoms with van der Waals surface area (Å²) in [6, 6.07) is 9.06. The third-order valence-corrected chi connectivity index (χ3v) is 4.12. The fraction of sp³-hybridized carbons (Fsp3) is 0.625.